The van der Waals surface area contributed by atoms with Crippen LogP contribution in [0.25, 0.3) is 11.0 Å². The number of hydrogen-bond donors (Lipinski definition) is 1. The fourth-order valence-corrected chi connectivity index (χ4v) is 4.37. The predicted octanol–water partition coefficient (Wildman–Crippen LogP) is 3.16. The van der Waals surface area contributed by atoms with Gasteiger partial charge >= 0.3 is 0 Å². The van der Waals surface area contributed by atoms with Crippen molar-refractivity contribution in [3.05, 3.63) is 57.6 Å². The zero-order valence-corrected chi connectivity index (χ0v) is 16.6. The number of anilines is 1. The number of aromatic nitrogens is 4. The molecule has 1 aliphatic carbocycles. The van der Waals surface area contributed by atoms with Gasteiger partial charge in [0.15, 0.2) is 0 Å². The maximum atomic E-state index is 12.5. The van der Waals surface area contributed by atoms with Gasteiger partial charge in [-0.25, -0.2) is 14.6 Å². The molecular formula is C22H25N5O2. The molecule has 0 radical (unpaired) electrons. The van der Waals surface area contributed by atoms with Crippen LogP contribution < -0.4 is 10.9 Å². The lowest BCUT2D eigenvalue weighted by atomic mass is 9.91. The largest absolute Gasteiger partial charge is 0.376 e. The molecule has 1 aliphatic heterocycles. The number of benzene rings is 1. The molecule has 1 aromatic carbocycles. The summed E-state index contributed by atoms with van der Waals surface area (Å²) in [4.78, 5) is 22.0. The minimum absolute atomic E-state index is 0.0121. The molecular weight excluding hydrogens is 366 g/mol. The average Bonchev–Trinajstić information content (AvgIpc) is 2.74. The van der Waals surface area contributed by atoms with Crippen molar-refractivity contribution < 1.29 is 4.74 Å². The van der Waals surface area contributed by atoms with Gasteiger partial charge in [0.2, 0.25) is 0 Å². The maximum Gasteiger partial charge on any atom is 0.267 e. The van der Waals surface area contributed by atoms with Gasteiger partial charge in [-0.3, -0.25) is 4.79 Å². The van der Waals surface area contributed by atoms with E-state index in [4.69, 9.17) is 9.72 Å². The van der Waals surface area contributed by atoms with Crippen LogP contribution in [0.2, 0.25) is 0 Å². The van der Waals surface area contributed by atoms with Crippen LogP contribution in [0.3, 0.4) is 0 Å². The SMILES string of the molecule is Cc1nc2ccccc2nc1NC1CCC(n2nc3c(cc2=O)COCC3)CC1. The van der Waals surface area contributed by atoms with Crippen molar-refractivity contribution in [1.82, 2.24) is 19.7 Å². The lowest BCUT2D eigenvalue weighted by molar-refractivity contribution is 0.107. The van der Waals surface area contributed by atoms with Crippen molar-refractivity contribution in [2.75, 3.05) is 11.9 Å². The molecule has 0 saturated heterocycles. The highest BCUT2D eigenvalue weighted by Crippen LogP contribution is 2.30. The summed E-state index contributed by atoms with van der Waals surface area (Å²) in [6.45, 7) is 3.18. The molecule has 2 aliphatic rings. The monoisotopic (exact) mass is 391 g/mol. The van der Waals surface area contributed by atoms with Crippen LogP contribution in [0.1, 0.15) is 48.7 Å². The highest BCUT2D eigenvalue weighted by Gasteiger charge is 2.25. The number of nitrogens with zero attached hydrogens (tertiary/aromatic N) is 4. The number of hydrogen-bond acceptors (Lipinski definition) is 6. The fraction of sp³-hybridized carbons (Fsp3) is 0.455. The van der Waals surface area contributed by atoms with Crippen LogP contribution in [0.15, 0.2) is 35.1 Å². The van der Waals surface area contributed by atoms with Crippen molar-refractivity contribution in [2.45, 2.75) is 57.7 Å². The first-order chi connectivity index (χ1) is 14.2. The van der Waals surface area contributed by atoms with Gasteiger partial charge in [0.05, 0.1) is 41.7 Å². The van der Waals surface area contributed by atoms with Gasteiger partial charge < -0.3 is 10.1 Å². The first-order valence-electron chi connectivity index (χ1n) is 10.4. The van der Waals surface area contributed by atoms with E-state index in [2.05, 4.69) is 15.4 Å². The highest BCUT2D eigenvalue weighted by molar-refractivity contribution is 5.76. The Morgan fingerprint density at radius 2 is 1.86 bits per heavy atom. The Kier molecular flexibility index (Phi) is 4.75. The van der Waals surface area contributed by atoms with E-state index in [1.165, 1.54) is 0 Å². The predicted molar refractivity (Wildman–Crippen MR) is 111 cm³/mol. The lowest BCUT2D eigenvalue weighted by Gasteiger charge is -2.30. The zero-order chi connectivity index (χ0) is 19.8. The van der Waals surface area contributed by atoms with Gasteiger partial charge in [-0.2, -0.15) is 5.10 Å². The van der Waals surface area contributed by atoms with E-state index in [0.717, 1.165) is 65.9 Å². The van der Waals surface area contributed by atoms with E-state index < -0.39 is 0 Å². The van der Waals surface area contributed by atoms with E-state index in [1.54, 1.807) is 10.7 Å². The molecule has 2 aromatic heterocycles. The van der Waals surface area contributed by atoms with Gasteiger partial charge in [0.25, 0.3) is 5.56 Å². The standard InChI is InChI=1S/C22H25N5O2/c1-14-22(25-20-5-3-2-4-19(20)23-14)24-16-6-8-17(9-7-16)27-21(28)12-15-13-29-11-10-18(15)26-27/h2-5,12,16-17H,6-11,13H2,1H3,(H,24,25). The maximum absolute atomic E-state index is 12.5. The van der Waals surface area contributed by atoms with Crippen molar-refractivity contribution in [1.29, 1.82) is 0 Å². The molecule has 0 amide bonds. The van der Waals surface area contributed by atoms with E-state index in [0.29, 0.717) is 19.3 Å². The Balaban J connectivity index is 1.29. The summed E-state index contributed by atoms with van der Waals surface area (Å²) < 4.78 is 7.15. The van der Waals surface area contributed by atoms with Crippen molar-refractivity contribution in [3.63, 3.8) is 0 Å². The average molecular weight is 391 g/mol. The summed E-state index contributed by atoms with van der Waals surface area (Å²) in [5.74, 6) is 0.858. The Morgan fingerprint density at radius 1 is 1.10 bits per heavy atom. The molecule has 0 unspecified atom stereocenters. The molecule has 1 saturated carbocycles. The van der Waals surface area contributed by atoms with Gasteiger partial charge in [-0.15, -0.1) is 0 Å². The Labute approximate surface area is 169 Å². The van der Waals surface area contributed by atoms with Crippen LogP contribution in [-0.4, -0.2) is 32.4 Å². The first-order valence-corrected chi connectivity index (χ1v) is 10.4. The third kappa shape index (κ3) is 3.62. The van der Waals surface area contributed by atoms with Crippen LogP contribution in [0, 0.1) is 6.92 Å². The molecule has 5 rings (SSSR count). The van der Waals surface area contributed by atoms with Crippen molar-refractivity contribution in [3.8, 4) is 0 Å². The number of ether oxygens (including phenoxy) is 1. The van der Waals surface area contributed by atoms with Crippen LogP contribution >= 0.6 is 0 Å². The second-order valence-corrected chi connectivity index (χ2v) is 8.00. The summed E-state index contributed by atoms with van der Waals surface area (Å²) in [5, 5.41) is 8.26. The molecule has 7 nitrogen and oxygen atoms in total. The second kappa shape index (κ2) is 7.55. The molecule has 7 heteroatoms. The normalized spacial score (nSPS) is 21.7. The summed E-state index contributed by atoms with van der Waals surface area (Å²) >= 11 is 0. The van der Waals surface area contributed by atoms with E-state index in [1.807, 2.05) is 31.2 Å². The fourth-order valence-electron chi connectivity index (χ4n) is 4.37. The molecule has 0 atom stereocenters. The molecule has 1 N–H and O–H groups in total. The number of rotatable bonds is 3. The number of aryl methyl sites for hydroxylation is 1. The highest BCUT2D eigenvalue weighted by atomic mass is 16.5. The molecule has 0 bridgehead atoms. The summed E-state index contributed by atoms with van der Waals surface area (Å²) in [5.41, 5.74) is 4.68. The molecule has 3 heterocycles. The molecule has 150 valence electrons. The third-order valence-corrected chi connectivity index (χ3v) is 5.99. The Hall–Kier alpha value is -2.80. The van der Waals surface area contributed by atoms with Crippen LogP contribution in [0.4, 0.5) is 5.82 Å². The van der Waals surface area contributed by atoms with Gasteiger partial charge in [0, 0.05) is 24.1 Å². The van der Waals surface area contributed by atoms with E-state index in [-0.39, 0.29) is 11.6 Å². The molecule has 0 spiro atoms. The van der Waals surface area contributed by atoms with E-state index in [9.17, 15) is 4.79 Å². The van der Waals surface area contributed by atoms with Gasteiger partial charge in [0.1, 0.15) is 5.82 Å². The number of fused-ring (bicyclic) bond motifs is 2. The smallest absolute Gasteiger partial charge is 0.267 e. The van der Waals surface area contributed by atoms with Crippen molar-refractivity contribution >= 4 is 16.9 Å². The first kappa shape index (κ1) is 18.2. The lowest BCUT2D eigenvalue weighted by Crippen LogP contribution is -2.35. The topological polar surface area (TPSA) is 81.9 Å². The minimum atomic E-state index is -0.0121. The molecule has 1 fully saturated rings. The minimum Gasteiger partial charge on any atom is -0.376 e. The Bertz CT molecular complexity index is 1100. The summed E-state index contributed by atoms with van der Waals surface area (Å²) in [7, 11) is 0. The number of nitrogens with one attached hydrogen (secondary N) is 1. The zero-order valence-electron chi connectivity index (χ0n) is 16.6. The molecule has 29 heavy (non-hydrogen) atoms. The number of para-hydroxylation sites is 2. The van der Waals surface area contributed by atoms with Gasteiger partial charge in [-0.05, 0) is 44.7 Å². The quantitative estimate of drug-likeness (QED) is 0.739. The second-order valence-electron chi connectivity index (χ2n) is 8.00. The van der Waals surface area contributed by atoms with Gasteiger partial charge in [-0.1, -0.05) is 12.1 Å². The summed E-state index contributed by atoms with van der Waals surface area (Å²) in [6.07, 6.45) is 4.60. The third-order valence-electron chi connectivity index (χ3n) is 5.99. The van der Waals surface area contributed by atoms with Crippen molar-refractivity contribution in [2.24, 2.45) is 0 Å². The van der Waals surface area contributed by atoms with Crippen LogP contribution in [0.5, 0.6) is 0 Å². The molecule has 3 aromatic rings. The Morgan fingerprint density at radius 3 is 2.66 bits per heavy atom. The van der Waals surface area contributed by atoms with E-state index >= 15 is 0 Å². The summed E-state index contributed by atoms with van der Waals surface area (Å²) in [6, 6.07) is 10.1. The van der Waals surface area contributed by atoms with Crippen LogP contribution in [-0.2, 0) is 17.8 Å².